The van der Waals surface area contributed by atoms with Crippen LogP contribution in [0.5, 0.6) is 11.5 Å². The van der Waals surface area contributed by atoms with Gasteiger partial charge in [-0.1, -0.05) is 6.92 Å². The summed E-state index contributed by atoms with van der Waals surface area (Å²) in [5, 5.41) is 7.15. The van der Waals surface area contributed by atoms with E-state index >= 15 is 0 Å². The van der Waals surface area contributed by atoms with Crippen molar-refractivity contribution in [3.05, 3.63) is 30.0 Å². The van der Waals surface area contributed by atoms with E-state index in [9.17, 15) is 4.79 Å². The molecule has 1 aliphatic rings. The number of amides is 1. The molecule has 6 nitrogen and oxygen atoms in total. The maximum absolute atomic E-state index is 12.6. The van der Waals surface area contributed by atoms with Gasteiger partial charge in [0.2, 0.25) is 0 Å². The molecular weight excluding hydrogens is 306 g/mol. The lowest BCUT2D eigenvalue weighted by atomic mass is 9.99. The van der Waals surface area contributed by atoms with Gasteiger partial charge in [0, 0.05) is 24.7 Å². The third-order valence-corrected chi connectivity index (χ3v) is 4.56. The summed E-state index contributed by atoms with van der Waals surface area (Å²) >= 11 is 0. The summed E-state index contributed by atoms with van der Waals surface area (Å²) in [4.78, 5) is 14.5. The quantitative estimate of drug-likeness (QED) is 0.936. The van der Waals surface area contributed by atoms with Crippen LogP contribution < -0.4 is 9.47 Å². The van der Waals surface area contributed by atoms with Crippen LogP contribution in [0, 0.1) is 5.92 Å². The van der Waals surface area contributed by atoms with Gasteiger partial charge in [-0.2, -0.15) is 5.10 Å². The van der Waals surface area contributed by atoms with Gasteiger partial charge in [0.25, 0.3) is 5.91 Å². The molecule has 0 aliphatic carbocycles. The van der Waals surface area contributed by atoms with E-state index in [0.29, 0.717) is 28.8 Å². The van der Waals surface area contributed by atoms with Crippen molar-refractivity contribution < 1.29 is 14.3 Å². The van der Waals surface area contributed by atoms with Crippen LogP contribution in [0.4, 0.5) is 0 Å². The highest BCUT2D eigenvalue weighted by Gasteiger charge is 2.23. The minimum Gasteiger partial charge on any atom is -0.497 e. The van der Waals surface area contributed by atoms with E-state index in [1.165, 1.54) is 0 Å². The molecule has 0 spiro atoms. The molecule has 3 rings (SSSR count). The second kappa shape index (κ2) is 6.95. The van der Waals surface area contributed by atoms with E-state index in [4.69, 9.17) is 9.47 Å². The molecule has 0 bridgehead atoms. The van der Waals surface area contributed by atoms with E-state index in [1.54, 1.807) is 26.4 Å². The number of H-pyrrole nitrogens is 1. The number of carbonyl (C=O) groups is 1. The Labute approximate surface area is 141 Å². The summed E-state index contributed by atoms with van der Waals surface area (Å²) in [6.45, 7) is 3.84. The lowest BCUT2D eigenvalue weighted by Crippen LogP contribution is -2.38. The highest BCUT2D eigenvalue weighted by atomic mass is 16.5. The molecule has 0 atom stereocenters. The summed E-state index contributed by atoms with van der Waals surface area (Å²) in [6.07, 6.45) is 2.11. The normalized spacial score (nSPS) is 15.4. The molecular formula is C18H23N3O3. The highest BCUT2D eigenvalue weighted by molar-refractivity contribution is 5.93. The molecule has 128 valence electrons. The van der Waals surface area contributed by atoms with Gasteiger partial charge in [-0.15, -0.1) is 0 Å². The average Bonchev–Trinajstić information content (AvgIpc) is 3.11. The Bertz CT molecular complexity index is 718. The first kappa shape index (κ1) is 16.4. The summed E-state index contributed by atoms with van der Waals surface area (Å²) in [6, 6.07) is 7.31. The fraction of sp³-hybridized carbons (Fsp3) is 0.444. The van der Waals surface area contributed by atoms with Gasteiger partial charge in [0.15, 0.2) is 0 Å². The molecule has 2 heterocycles. The van der Waals surface area contributed by atoms with Crippen LogP contribution in [0.2, 0.25) is 0 Å². The van der Waals surface area contributed by atoms with Crippen molar-refractivity contribution >= 4 is 5.91 Å². The molecule has 1 saturated heterocycles. The maximum atomic E-state index is 12.6. The standard InChI is InChI=1S/C18H23N3O3/c1-12-6-8-21(9-7-12)18(22)16-11-15(19-20-16)14-5-4-13(23-2)10-17(14)24-3/h4-5,10-12H,6-9H2,1-3H3,(H,19,20). The van der Waals surface area contributed by atoms with Gasteiger partial charge in [0.05, 0.1) is 19.9 Å². The van der Waals surface area contributed by atoms with Crippen molar-refractivity contribution in [1.29, 1.82) is 0 Å². The van der Waals surface area contributed by atoms with E-state index in [0.717, 1.165) is 31.5 Å². The van der Waals surface area contributed by atoms with Crippen molar-refractivity contribution in [2.24, 2.45) is 5.92 Å². The number of rotatable bonds is 4. The number of nitrogens with zero attached hydrogens (tertiary/aromatic N) is 2. The zero-order valence-electron chi connectivity index (χ0n) is 14.3. The first-order chi connectivity index (χ1) is 11.6. The number of likely N-dealkylation sites (tertiary alicyclic amines) is 1. The van der Waals surface area contributed by atoms with Crippen LogP contribution >= 0.6 is 0 Å². The van der Waals surface area contributed by atoms with E-state index < -0.39 is 0 Å². The van der Waals surface area contributed by atoms with Crippen LogP contribution in [0.3, 0.4) is 0 Å². The number of aromatic amines is 1. The summed E-state index contributed by atoms with van der Waals surface area (Å²) < 4.78 is 10.6. The van der Waals surface area contributed by atoms with Gasteiger partial charge in [-0.05, 0) is 37.0 Å². The monoisotopic (exact) mass is 329 g/mol. The summed E-state index contributed by atoms with van der Waals surface area (Å²) in [5.41, 5.74) is 2.02. The van der Waals surface area contributed by atoms with E-state index in [2.05, 4.69) is 17.1 Å². The van der Waals surface area contributed by atoms with Gasteiger partial charge in [-0.25, -0.2) is 0 Å². The Morgan fingerprint density at radius 1 is 1.21 bits per heavy atom. The van der Waals surface area contributed by atoms with Crippen molar-refractivity contribution in [3.8, 4) is 22.8 Å². The van der Waals surface area contributed by atoms with Crippen LogP contribution in [0.1, 0.15) is 30.3 Å². The zero-order chi connectivity index (χ0) is 17.1. The fourth-order valence-corrected chi connectivity index (χ4v) is 2.96. The number of aromatic nitrogens is 2. The van der Waals surface area contributed by atoms with Gasteiger partial charge in [-0.3, -0.25) is 9.89 Å². The Hall–Kier alpha value is -2.50. The van der Waals surface area contributed by atoms with Crippen LogP contribution in [-0.2, 0) is 0 Å². The van der Waals surface area contributed by atoms with E-state index in [-0.39, 0.29) is 5.91 Å². The van der Waals surface area contributed by atoms with Crippen molar-refractivity contribution in [3.63, 3.8) is 0 Å². The SMILES string of the molecule is COc1ccc(-c2cc(C(=O)N3CCC(C)CC3)[nH]n2)c(OC)c1. The number of benzene rings is 1. The first-order valence-corrected chi connectivity index (χ1v) is 8.19. The second-order valence-electron chi connectivity index (χ2n) is 6.21. The summed E-state index contributed by atoms with van der Waals surface area (Å²) in [5.74, 6) is 2.07. The van der Waals surface area contributed by atoms with Crippen molar-refractivity contribution in [1.82, 2.24) is 15.1 Å². The third-order valence-electron chi connectivity index (χ3n) is 4.56. The molecule has 1 amide bonds. The molecule has 6 heteroatoms. The molecule has 1 fully saturated rings. The number of methoxy groups -OCH3 is 2. The molecule has 2 aromatic rings. The van der Waals surface area contributed by atoms with Crippen LogP contribution in [-0.4, -0.2) is 48.3 Å². The van der Waals surface area contributed by atoms with Crippen LogP contribution in [0.15, 0.2) is 24.3 Å². The fourth-order valence-electron chi connectivity index (χ4n) is 2.96. The average molecular weight is 329 g/mol. The number of hydrogen-bond acceptors (Lipinski definition) is 4. The largest absolute Gasteiger partial charge is 0.497 e. The molecule has 0 radical (unpaired) electrons. The molecule has 0 saturated carbocycles. The molecule has 1 aromatic heterocycles. The second-order valence-corrected chi connectivity index (χ2v) is 6.21. The summed E-state index contributed by atoms with van der Waals surface area (Å²) in [7, 11) is 3.21. The Kier molecular flexibility index (Phi) is 4.74. The lowest BCUT2D eigenvalue weighted by Gasteiger charge is -2.29. The lowest BCUT2D eigenvalue weighted by molar-refractivity contribution is 0.0691. The number of ether oxygens (including phenoxy) is 2. The van der Waals surface area contributed by atoms with Gasteiger partial charge >= 0.3 is 0 Å². The number of carbonyl (C=O) groups excluding carboxylic acids is 1. The molecule has 24 heavy (non-hydrogen) atoms. The Morgan fingerprint density at radius 2 is 1.96 bits per heavy atom. The minimum absolute atomic E-state index is 0.00753. The Morgan fingerprint density at radius 3 is 2.62 bits per heavy atom. The van der Waals surface area contributed by atoms with Gasteiger partial charge in [0.1, 0.15) is 17.2 Å². The van der Waals surface area contributed by atoms with Crippen molar-refractivity contribution in [2.75, 3.05) is 27.3 Å². The van der Waals surface area contributed by atoms with Gasteiger partial charge < -0.3 is 14.4 Å². The third kappa shape index (κ3) is 3.22. The number of hydrogen-bond donors (Lipinski definition) is 1. The van der Waals surface area contributed by atoms with E-state index in [1.807, 2.05) is 17.0 Å². The van der Waals surface area contributed by atoms with Crippen molar-refractivity contribution in [2.45, 2.75) is 19.8 Å². The smallest absolute Gasteiger partial charge is 0.271 e. The number of nitrogens with one attached hydrogen (secondary N) is 1. The van der Waals surface area contributed by atoms with Crippen LogP contribution in [0.25, 0.3) is 11.3 Å². The topological polar surface area (TPSA) is 67.5 Å². The first-order valence-electron chi connectivity index (χ1n) is 8.19. The molecule has 0 unspecified atom stereocenters. The zero-order valence-corrected chi connectivity index (χ0v) is 14.3. The molecule has 1 N–H and O–H groups in total. The molecule has 1 aromatic carbocycles. The highest BCUT2D eigenvalue weighted by Crippen LogP contribution is 2.32. The minimum atomic E-state index is 0.00753. The number of piperidine rings is 1. The molecule has 1 aliphatic heterocycles. The predicted octanol–water partition coefficient (Wildman–Crippen LogP) is 2.97. The predicted molar refractivity (Wildman–Crippen MR) is 91.4 cm³/mol. The Balaban J connectivity index is 1.82. The maximum Gasteiger partial charge on any atom is 0.271 e.